The zero-order chi connectivity index (χ0) is 12.8. The maximum Gasteiger partial charge on any atom is 0.192 e. The molecule has 6 nitrogen and oxygen atoms in total. The van der Waals surface area contributed by atoms with Gasteiger partial charge in [0.05, 0.1) is 25.4 Å². The molecule has 0 bridgehead atoms. The van der Waals surface area contributed by atoms with E-state index in [0.29, 0.717) is 0 Å². The Morgan fingerprint density at radius 2 is 1.69 bits per heavy atom. The molecule has 0 spiro atoms. The maximum atomic E-state index is 9.17. The first-order chi connectivity index (χ1) is 7.39. The number of nitrogens with zero attached hydrogens (tertiary/aromatic N) is 4. The van der Waals surface area contributed by atoms with Crippen LogP contribution in [0.5, 0.6) is 0 Å². The topological polar surface area (TPSA) is 113 Å². The lowest BCUT2D eigenvalue weighted by Crippen LogP contribution is -2.36. The summed E-state index contributed by atoms with van der Waals surface area (Å²) in [5.74, 6) is -0.243. The van der Waals surface area contributed by atoms with Crippen LogP contribution in [0.4, 0.5) is 0 Å². The molecule has 0 rings (SSSR count). The third-order valence-corrected chi connectivity index (χ3v) is 2.39. The summed E-state index contributed by atoms with van der Waals surface area (Å²) in [5.41, 5.74) is -2.72. The Labute approximate surface area is 94.8 Å². The van der Waals surface area contributed by atoms with Gasteiger partial charge in [-0.25, -0.2) is 0 Å². The monoisotopic (exact) mass is 224 g/mol. The summed E-state index contributed by atoms with van der Waals surface area (Å²) in [7, 11) is 0. The minimum atomic E-state index is -1.37. The van der Waals surface area contributed by atoms with Crippen molar-refractivity contribution < 1.29 is 10.2 Å². The van der Waals surface area contributed by atoms with Crippen LogP contribution in [-0.4, -0.2) is 34.5 Å². The molecule has 0 aromatic heterocycles. The van der Waals surface area contributed by atoms with Gasteiger partial charge in [0, 0.05) is 0 Å². The average molecular weight is 224 g/mol. The predicted octanol–water partition coefficient (Wildman–Crippen LogP) is 0.624. The predicted molar refractivity (Wildman–Crippen MR) is 56.2 cm³/mol. The van der Waals surface area contributed by atoms with Crippen molar-refractivity contribution in [1.29, 1.82) is 10.5 Å². The quantitative estimate of drug-likeness (QED) is 0.666. The largest absolute Gasteiger partial charge is 0.393 e. The molecule has 0 amide bonds. The first-order valence-corrected chi connectivity index (χ1v) is 4.88. The Kier molecular flexibility index (Phi) is 5.03. The molecule has 6 heteroatoms. The van der Waals surface area contributed by atoms with Crippen LogP contribution in [0, 0.1) is 28.6 Å². The number of aliphatic hydroxyl groups excluding tert-OH is 2. The van der Waals surface area contributed by atoms with E-state index in [2.05, 4.69) is 10.2 Å². The van der Waals surface area contributed by atoms with Crippen LogP contribution >= 0.6 is 0 Å². The molecule has 2 unspecified atom stereocenters. The molecule has 2 atom stereocenters. The molecule has 0 saturated heterocycles. The smallest absolute Gasteiger partial charge is 0.192 e. The summed E-state index contributed by atoms with van der Waals surface area (Å²) < 4.78 is 0. The summed E-state index contributed by atoms with van der Waals surface area (Å²) in [4.78, 5) is 0. The van der Waals surface area contributed by atoms with Gasteiger partial charge in [-0.2, -0.15) is 20.8 Å². The molecule has 0 fully saturated rings. The lowest BCUT2D eigenvalue weighted by molar-refractivity contribution is 0.182. The van der Waals surface area contributed by atoms with Crippen molar-refractivity contribution >= 4 is 0 Å². The number of rotatable bonds is 5. The lowest BCUT2D eigenvalue weighted by atomic mass is 9.90. The maximum absolute atomic E-state index is 9.17. The fourth-order valence-corrected chi connectivity index (χ4v) is 0.805. The van der Waals surface area contributed by atoms with E-state index in [0.717, 1.165) is 0 Å². The van der Waals surface area contributed by atoms with Gasteiger partial charge >= 0.3 is 0 Å². The molecule has 0 aliphatic heterocycles. The zero-order valence-electron chi connectivity index (χ0n) is 9.67. The van der Waals surface area contributed by atoms with Crippen molar-refractivity contribution in [2.45, 2.75) is 31.8 Å². The number of nitriles is 2. The average Bonchev–Trinajstić information content (AvgIpc) is 2.30. The third kappa shape index (κ3) is 2.99. The van der Waals surface area contributed by atoms with Gasteiger partial charge in [-0.1, -0.05) is 13.8 Å². The molecule has 0 heterocycles. The summed E-state index contributed by atoms with van der Waals surface area (Å²) in [6, 6.07) is 3.67. The van der Waals surface area contributed by atoms with Crippen molar-refractivity contribution in [2.24, 2.45) is 16.1 Å². The molecule has 0 saturated carbocycles. The van der Waals surface area contributed by atoms with Gasteiger partial charge in [-0.3, -0.25) is 0 Å². The van der Waals surface area contributed by atoms with Crippen LogP contribution in [0.25, 0.3) is 0 Å². The van der Waals surface area contributed by atoms with Crippen LogP contribution in [0.1, 0.15) is 20.8 Å². The van der Waals surface area contributed by atoms with Crippen molar-refractivity contribution in [3.8, 4) is 12.1 Å². The Morgan fingerprint density at radius 1 is 1.12 bits per heavy atom. The van der Waals surface area contributed by atoms with E-state index < -0.39 is 24.3 Å². The molecular weight excluding hydrogens is 208 g/mol. The molecule has 88 valence electrons. The summed E-state index contributed by atoms with van der Waals surface area (Å²) in [5, 5.41) is 43.2. The normalized spacial score (nSPS) is 18.8. The summed E-state index contributed by atoms with van der Waals surface area (Å²) in [6.45, 7) is 3.88. The Bertz CT molecular complexity index is 342. The van der Waals surface area contributed by atoms with Gasteiger partial charge in [0.2, 0.25) is 0 Å². The van der Waals surface area contributed by atoms with Crippen LogP contribution < -0.4 is 0 Å². The highest BCUT2D eigenvalue weighted by Gasteiger charge is 2.35. The molecule has 0 radical (unpaired) electrons. The molecule has 16 heavy (non-hydrogen) atoms. The molecule has 0 aliphatic carbocycles. The van der Waals surface area contributed by atoms with Crippen molar-refractivity contribution in [3.63, 3.8) is 0 Å². The lowest BCUT2D eigenvalue weighted by Gasteiger charge is -2.23. The van der Waals surface area contributed by atoms with Gasteiger partial charge in [0.15, 0.2) is 11.1 Å². The van der Waals surface area contributed by atoms with Crippen LogP contribution in [0.15, 0.2) is 10.2 Å². The SMILES string of the molecule is CC(C)C(C#N)(CO)N=NC(C)(C#N)CO. The number of hydrogen-bond donors (Lipinski definition) is 2. The van der Waals surface area contributed by atoms with Gasteiger partial charge < -0.3 is 10.2 Å². The van der Waals surface area contributed by atoms with Crippen molar-refractivity contribution in [2.75, 3.05) is 13.2 Å². The second kappa shape index (κ2) is 5.55. The third-order valence-electron chi connectivity index (χ3n) is 2.39. The molecule has 2 N–H and O–H groups in total. The summed E-state index contributed by atoms with van der Waals surface area (Å²) in [6.07, 6.45) is 0. The molecular formula is C10H16N4O2. The van der Waals surface area contributed by atoms with Gasteiger partial charge in [0.25, 0.3) is 0 Å². The number of azo groups is 1. The molecule has 0 aromatic rings. The van der Waals surface area contributed by atoms with Crippen LogP contribution in [-0.2, 0) is 0 Å². The van der Waals surface area contributed by atoms with Crippen molar-refractivity contribution in [1.82, 2.24) is 0 Å². The number of hydrogen-bond acceptors (Lipinski definition) is 6. The Hall–Kier alpha value is -1.50. The van der Waals surface area contributed by atoms with Crippen LogP contribution in [0.2, 0.25) is 0 Å². The molecule has 0 aliphatic rings. The minimum absolute atomic E-state index is 0.243. The first-order valence-electron chi connectivity index (χ1n) is 4.88. The van der Waals surface area contributed by atoms with Gasteiger partial charge in [-0.15, -0.1) is 0 Å². The van der Waals surface area contributed by atoms with E-state index in [1.807, 2.05) is 6.07 Å². The van der Waals surface area contributed by atoms with E-state index in [1.165, 1.54) is 6.92 Å². The fraction of sp³-hybridized carbons (Fsp3) is 0.800. The zero-order valence-corrected chi connectivity index (χ0v) is 9.67. The summed E-state index contributed by atoms with van der Waals surface area (Å²) >= 11 is 0. The molecule has 0 aromatic carbocycles. The minimum Gasteiger partial charge on any atom is -0.393 e. The highest BCUT2D eigenvalue weighted by Crippen LogP contribution is 2.23. The Morgan fingerprint density at radius 3 is 1.94 bits per heavy atom. The van der Waals surface area contributed by atoms with Crippen LogP contribution in [0.3, 0.4) is 0 Å². The van der Waals surface area contributed by atoms with E-state index in [9.17, 15) is 0 Å². The van der Waals surface area contributed by atoms with Gasteiger partial charge in [-0.05, 0) is 12.8 Å². The fourth-order valence-electron chi connectivity index (χ4n) is 0.805. The van der Waals surface area contributed by atoms with E-state index in [1.54, 1.807) is 19.9 Å². The second-order valence-corrected chi connectivity index (χ2v) is 4.09. The van der Waals surface area contributed by atoms with E-state index >= 15 is 0 Å². The Balaban J connectivity index is 5.14. The van der Waals surface area contributed by atoms with E-state index in [-0.39, 0.29) is 5.92 Å². The highest BCUT2D eigenvalue weighted by atomic mass is 16.3. The number of aliphatic hydroxyl groups is 2. The second-order valence-electron chi connectivity index (χ2n) is 4.09. The first kappa shape index (κ1) is 14.5. The van der Waals surface area contributed by atoms with E-state index in [4.69, 9.17) is 20.7 Å². The van der Waals surface area contributed by atoms with Gasteiger partial charge in [0.1, 0.15) is 0 Å². The highest BCUT2D eigenvalue weighted by molar-refractivity contribution is 5.10. The van der Waals surface area contributed by atoms with Crippen molar-refractivity contribution in [3.05, 3.63) is 0 Å². The standard InChI is InChI=1S/C10H16N4O2/c1-8(2)10(5-12,7-16)14-13-9(3,4-11)6-15/h8,15-16H,6-7H2,1-3H3.